The summed E-state index contributed by atoms with van der Waals surface area (Å²) in [6.45, 7) is 3.06. The first-order chi connectivity index (χ1) is 6.60. The van der Waals surface area contributed by atoms with E-state index in [1.165, 1.54) is 0 Å². The molecule has 0 heterocycles. The summed E-state index contributed by atoms with van der Waals surface area (Å²) >= 11 is 0. The molecule has 0 unspecified atom stereocenters. The summed E-state index contributed by atoms with van der Waals surface area (Å²) in [7, 11) is 3.50. The maximum Gasteiger partial charge on any atom is 0.233 e. The molecule has 0 bridgehead atoms. The van der Waals surface area contributed by atoms with Crippen LogP contribution in [0.3, 0.4) is 0 Å². The monoisotopic (exact) mass is 200 g/mol. The minimum Gasteiger partial charge on any atom is -0.358 e. The molecule has 0 saturated heterocycles. The van der Waals surface area contributed by atoms with Crippen LogP contribution in [0, 0.1) is 0 Å². The maximum atomic E-state index is 11.0. The standard InChI is InChI=1S/C10H20N2O2/c1-4-9(13)6-5-7-12(3)8-10(14)11-2/h4-8H2,1-3H3,(H,11,14). The molecule has 1 N–H and O–H groups in total. The number of ketones is 1. The molecule has 4 heteroatoms. The average Bonchev–Trinajstić information content (AvgIpc) is 2.17. The van der Waals surface area contributed by atoms with Gasteiger partial charge in [-0.05, 0) is 20.0 Å². The molecule has 82 valence electrons. The van der Waals surface area contributed by atoms with Crippen LogP contribution in [0.5, 0.6) is 0 Å². The molecule has 0 saturated carbocycles. The highest BCUT2D eigenvalue weighted by atomic mass is 16.2. The van der Waals surface area contributed by atoms with E-state index >= 15 is 0 Å². The molecule has 0 rings (SSSR count). The number of hydrogen-bond donors (Lipinski definition) is 1. The molecule has 0 radical (unpaired) electrons. The molecular weight excluding hydrogens is 180 g/mol. The van der Waals surface area contributed by atoms with Crippen molar-refractivity contribution in [2.75, 3.05) is 27.2 Å². The lowest BCUT2D eigenvalue weighted by Gasteiger charge is -2.14. The third-order valence-electron chi connectivity index (χ3n) is 2.08. The van der Waals surface area contributed by atoms with Crippen molar-refractivity contribution in [3.8, 4) is 0 Å². The summed E-state index contributed by atoms with van der Waals surface area (Å²) in [5.41, 5.74) is 0. The van der Waals surface area contributed by atoms with Gasteiger partial charge in [-0.1, -0.05) is 6.92 Å². The number of likely N-dealkylation sites (N-methyl/N-ethyl adjacent to an activating group) is 2. The number of carbonyl (C=O) groups excluding carboxylic acids is 2. The minimum atomic E-state index is 0.00863. The number of carbonyl (C=O) groups is 2. The first-order valence-corrected chi connectivity index (χ1v) is 5.01. The van der Waals surface area contributed by atoms with Gasteiger partial charge in [0, 0.05) is 19.9 Å². The second-order valence-corrected chi connectivity index (χ2v) is 3.41. The van der Waals surface area contributed by atoms with E-state index in [0.717, 1.165) is 13.0 Å². The van der Waals surface area contributed by atoms with Gasteiger partial charge in [0.1, 0.15) is 5.78 Å². The minimum absolute atomic E-state index is 0.00863. The number of hydrogen-bond acceptors (Lipinski definition) is 3. The molecule has 0 spiro atoms. The average molecular weight is 200 g/mol. The van der Waals surface area contributed by atoms with Crippen molar-refractivity contribution in [1.82, 2.24) is 10.2 Å². The maximum absolute atomic E-state index is 11.0. The van der Waals surface area contributed by atoms with Crippen LogP contribution in [-0.4, -0.2) is 43.8 Å². The highest BCUT2D eigenvalue weighted by Crippen LogP contribution is 1.96. The molecule has 4 nitrogen and oxygen atoms in total. The molecule has 0 aromatic rings. The Morgan fingerprint density at radius 3 is 2.50 bits per heavy atom. The third kappa shape index (κ3) is 6.60. The Balaban J connectivity index is 3.49. The zero-order valence-electron chi connectivity index (χ0n) is 9.30. The van der Waals surface area contributed by atoms with Crippen LogP contribution in [0.2, 0.25) is 0 Å². The van der Waals surface area contributed by atoms with E-state index in [1.807, 2.05) is 18.9 Å². The van der Waals surface area contributed by atoms with Gasteiger partial charge in [0.2, 0.25) is 5.91 Å². The van der Waals surface area contributed by atoms with E-state index in [9.17, 15) is 9.59 Å². The van der Waals surface area contributed by atoms with Gasteiger partial charge < -0.3 is 5.32 Å². The largest absolute Gasteiger partial charge is 0.358 e. The second kappa shape index (κ2) is 7.50. The van der Waals surface area contributed by atoms with Crippen LogP contribution in [0.4, 0.5) is 0 Å². The van der Waals surface area contributed by atoms with Crippen LogP contribution in [-0.2, 0) is 9.59 Å². The molecule has 0 aliphatic heterocycles. The first kappa shape index (κ1) is 13.1. The summed E-state index contributed by atoms with van der Waals surface area (Å²) in [5, 5.41) is 2.56. The zero-order valence-corrected chi connectivity index (χ0v) is 9.30. The van der Waals surface area contributed by atoms with Gasteiger partial charge >= 0.3 is 0 Å². The molecule has 14 heavy (non-hydrogen) atoms. The summed E-state index contributed by atoms with van der Waals surface area (Å²) < 4.78 is 0. The van der Waals surface area contributed by atoms with Crippen molar-refractivity contribution < 1.29 is 9.59 Å². The highest BCUT2D eigenvalue weighted by Gasteiger charge is 2.04. The Morgan fingerprint density at radius 1 is 1.36 bits per heavy atom. The SMILES string of the molecule is CCC(=O)CCCN(C)CC(=O)NC. The lowest BCUT2D eigenvalue weighted by atomic mass is 10.2. The molecule has 0 aliphatic rings. The van der Waals surface area contributed by atoms with Crippen molar-refractivity contribution >= 4 is 11.7 Å². The van der Waals surface area contributed by atoms with Crippen LogP contribution < -0.4 is 5.32 Å². The Bertz CT molecular complexity index is 193. The van der Waals surface area contributed by atoms with Gasteiger partial charge in [0.25, 0.3) is 0 Å². The van der Waals surface area contributed by atoms with Crippen LogP contribution in [0.15, 0.2) is 0 Å². The molecule has 0 atom stereocenters. The predicted molar refractivity (Wildman–Crippen MR) is 56.1 cm³/mol. The molecule has 0 aromatic heterocycles. The number of amides is 1. The molecular formula is C10H20N2O2. The van der Waals surface area contributed by atoms with Gasteiger partial charge in [-0.3, -0.25) is 14.5 Å². The van der Waals surface area contributed by atoms with Crippen molar-refractivity contribution in [2.45, 2.75) is 26.2 Å². The fraction of sp³-hybridized carbons (Fsp3) is 0.800. The van der Waals surface area contributed by atoms with E-state index in [2.05, 4.69) is 5.32 Å². The molecule has 0 aliphatic carbocycles. The van der Waals surface area contributed by atoms with Gasteiger partial charge in [-0.2, -0.15) is 0 Å². The van der Waals surface area contributed by atoms with E-state index in [-0.39, 0.29) is 5.91 Å². The van der Waals surface area contributed by atoms with Crippen molar-refractivity contribution in [2.24, 2.45) is 0 Å². The van der Waals surface area contributed by atoms with Gasteiger partial charge in [-0.15, -0.1) is 0 Å². The van der Waals surface area contributed by atoms with E-state index in [4.69, 9.17) is 0 Å². The lowest BCUT2D eigenvalue weighted by molar-refractivity contribution is -0.121. The van der Waals surface area contributed by atoms with Crippen molar-refractivity contribution in [1.29, 1.82) is 0 Å². The quantitative estimate of drug-likeness (QED) is 0.648. The topological polar surface area (TPSA) is 49.4 Å². The van der Waals surface area contributed by atoms with Crippen LogP contribution in [0.1, 0.15) is 26.2 Å². The highest BCUT2D eigenvalue weighted by molar-refractivity contribution is 5.78. The molecule has 1 amide bonds. The van der Waals surface area contributed by atoms with Gasteiger partial charge in [0.05, 0.1) is 6.54 Å². The van der Waals surface area contributed by atoms with E-state index in [0.29, 0.717) is 25.2 Å². The lowest BCUT2D eigenvalue weighted by Crippen LogP contribution is -2.33. The predicted octanol–water partition coefficient (Wildman–Crippen LogP) is 0.424. The number of rotatable bonds is 7. The number of nitrogens with zero attached hydrogens (tertiary/aromatic N) is 1. The van der Waals surface area contributed by atoms with Crippen molar-refractivity contribution in [3.63, 3.8) is 0 Å². The van der Waals surface area contributed by atoms with E-state index < -0.39 is 0 Å². The van der Waals surface area contributed by atoms with Crippen LogP contribution in [0.25, 0.3) is 0 Å². The molecule has 0 aromatic carbocycles. The summed E-state index contributed by atoms with van der Waals surface area (Å²) in [4.78, 5) is 23.8. The van der Waals surface area contributed by atoms with Gasteiger partial charge in [0.15, 0.2) is 0 Å². The second-order valence-electron chi connectivity index (χ2n) is 3.41. The Hall–Kier alpha value is -0.900. The Labute approximate surface area is 85.7 Å². The fourth-order valence-electron chi connectivity index (χ4n) is 1.13. The van der Waals surface area contributed by atoms with E-state index in [1.54, 1.807) is 7.05 Å². The zero-order chi connectivity index (χ0) is 11.0. The summed E-state index contributed by atoms with van der Waals surface area (Å²) in [6, 6.07) is 0. The normalized spacial score (nSPS) is 10.3. The fourth-order valence-corrected chi connectivity index (χ4v) is 1.13. The Kier molecular flexibility index (Phi) is 7.02. The smallest absolute Gasteiger partial charge is 0.233 e. The van der Waals surface area contributed by atoms with Crippen LogP contribution >= 0.6 is 0 Å². The molecule has 0 fully saturated rings. The number of nitrogens with one attached hydrogen (secondary N) is 1. The first-order valence-electron chi connectivity index (χ1n) is 5.01. The summed E-state index contributed by atoms with van der Waals surface area (Å²) in [6.07, 6.45) is 2.06. The number of Topliss-reactive ketones (excluding diaryl/α,β-unsaturated/α-hetero) is 1. The van der Waals surface area contributed by atoms with Crippen molar-refractivity contribution in [3.05, 3.63) is 0 Å². The summed E-state index contributed by atoms with van der Waals surface area (Å²) in [5.74, 6) is 0.299. The van der Waals surface area contributed by atoms with Gasteiger partial charge in [-0.25, -0.2) is 0 Å². The Morgan fingerprint density at radius 2 is 2.00 bits per heavy atom. The third-order valence-corrected chi connectivity index (χ3v) is 2.08.